The number of aliphatic hydroxyl groups is 1. The Kier molecular flexibility index (Phi) is 2.44. The molecule has 0 aromatic carbocycles. The van der Waals surface area contributed by atoms with E-state index in [0.717, 1.165) is 25.7 Å². The lowest BCUT2D eigenvalue weighted by atomic mass is 9.87. The van der Waals surface area contributed by atoms with Gasteiger partial charge in [-0.05, 0) is 47.1 Å². The van der Waals surface area contributed by atoms with Crippen LogP contribution in [0.3, 0.4) is 0 Å². The van der Waals surface area contributed by atoms with Crippen LogP contribution in [0.5, 0.6) is 0 Å². The number of hydrogen-bond acceptors (Lipinski definition) is 2. The molecule has 0 saturated heterocycles. The van der Waals surface area contributed by atoms with E-state index in [1.807, 2.05) is 0 Å². The highest BCUT2D eigenvalue weighted by molar-refractivity contribution is 7.07. The largest absolute Gasteiger partial charge is 0.390 e. The molecule has 0 amide bonds. The Morgan fingerprint density at radius 2 is 2.21 bits per heavy atom. The van der Waals surface area contributed by atoms with Crippen molar-refractivity contribution in [1.29, 1.82) is 0 Å². The van der Waals surface area contributed by atoms with E-state index >= 15 is 0 Å². The van der Waals surface area contributed by atoms with Gasteiger partial charge in [0.25, 0.3) is 0 Å². The topological polar surface area (TPSA) is 20.2 Å². The molecule has 0 aliphatic heterocycles. The Hall–Kier alpha value is -0.340. The normalized spacial score (nSPS) is 30.8. The molecule has 2 heteroatoms. The van der Waals surface area contributed by atoms with Gasteiger partial charge in [0.05, 0.1) is 5.60 Å². The first-order chi connectivity index (χ1) is 6.49. The Bertz CT molecular complexity index is 302. The minimum Gasteiger partial charge on any atom is -0.390 e. The lowest BCUT2D eigenvalue weighted by molar-refractivity contribution is 0.0380. The van der Waals surface area contributed by atoms with Gasteiger partial charge in [-0.1, -0.05) is 13.8 Å². The summed E-state index contributed by atoms with van der Waals surface area (Å²) in [6.07, 6.45) is 3.87. The first-order valence-electron chi connectivity index (χ1n) is 5.23. The third-order valence-corrected chi connectivity index (χ3v) is 3.92. The van der Waals surface area contributed by atoms with Crippen LogP contribution < -0.4 is 0 Å². The molecule has 1 nitrogen and oxygen atoms in total. The van der Waals surface area contributed by atoms with E-state index < -0.39 is 5.60 Å². The summed E-state index contributed by atoms with van der Waals surface area (Å²) >= 11 is 1.71. The summed E-state index contributed by atoms with van der Waals surface area (Å²) in [7, 11) is 0. The SMILES string of the molecule is CC1(C)CCC(O)(Cc2ccsc2)C1. The molecular formula is C12H18OS. The molecule has 1 saturated carbocycles. The van der Waals surface area contributed by atoms with Crippen molar-refractivity contribution < 1.29 is 5.11 Å². The fraction of sp³-hybridized carbons (Fsp3) is 0.667. The smallest absolute Gasteiger partial charge is 0.0693 e. The van der Waals surface area contributed by atoms with Crippen LogP contribution in [0, 0.1) is 5.41 Å². The Labute approximate surface area is 89.8 Å². The van der Waals surface area contributed by atoms with Crippen molar-refractivity contribution in [2.24, 2.45) is 5.41 Å². The van der Waals surface area contributed by atoms with Crippen LogP contribution in [0.1, 0.15) is 38.7 Å². The van der Waals surface area contributed by atoms with Gasteiger partial charge in [-0.25, -0.2) is 0 Å². The molecule has 1 aliphatic rings. The molecule has 0 radical (unpaired) electrons. The summed E-state index contributed by atoms with van der Waals surface area (Å²) in [6.45, 7) is 4.50. The maximum Gasteiger partial charge on any atom is 0.0693 e. The van der Waals surface area contributed by atoms with Crippen molar-refractivity contribution in [2.75, 3.05) is 0 Å². The number of hydrogen-bond donors (Lipinski definition) is 1. The van der Waals surface area contributed by atoms with E-state index in [1.165, 1.54) is 5.56 Å². The highest BCUT2D eigenvalue weighted by Crippen LogP contribution is 2.45. The molecule has 14 heavy (non-hydrogen) atoms. The second kappa shape index (κ2) is 3.35. The molecule has 0 spiro atoms. The summed E-state index contributed by atoms with van der Waals surface area (Å²) in [6, 6.07) is 2.12. The molecule has 1 aliphatic carbocycles. The lowest BCUT2D eigenvalue weighted by Gasteiger charge is -2.24. The van der Waals surface area contributed by atoms with Gasteiger partial charge < -0.3 is 5.11 Å². The van der Waals surface area contributed by atoms with E-state index in [1.54, 1.807) is 11.3 Å². The predicted molar refractivity (Wildman–Crippen MR) is 60.6 cm³/mol. The highest BCUT2D eigenvalue weighted by Gasteiger charge is 2.41. The van der Waals surface area contributed by atoms with Crippen molar-refractivity contribution in [3.63, 3.8) is 0 Å². The summed E-state index contributed by atoms with van der Waals surface area (Å²) in [4.78, 5) is 0. The molecule has 1 unspecified atom stereocenters. The van der Waals surface area contributed by atoms with Gasteiger partial charge in [-0.2, -0.15) is 11.3 Å². The monoisotopic (exact) mass is 210 g/mol. The second-order valence-corrected chi connectivity index (χ2v) is 6.15. The summed E-state index contributed by atoms with van der Waals surface area (Å²) in [5.41, 5.74) is 1.17. The van der Waals surface area contributed by atoms with Crippen molar-refractivity contribution in [3.8, 4) is 0 Å². The van der Waals surface area contributed by atoms with E-state index in [4.69, 9.17) is 0 Å². The number of rotatable bonds is 2. The maximum absolute atomic E-state index is 10.4. The highest BCUT2D eigenvalue weighted by atomic mass is 32.1. The Morgan fingerprint density at radius 3 is 2.71 bits per heavy atom. The first kappa shape index (κ1) is 10.2. The van der Waals surface area contributed by atoms with E-state index in [9.17, 15) is 5.11 Å². The van der Waals surface area contributed by atoms with Gasteiger partial charge in [0, 0.05) is 6.42 Å². The van der Waals surface area contributed by atoms with Crippen LogP contribution in [0.4, 0.5) is 0 Å². The standard InChI is InChI=1S/C12H18OS/c1-11(2)4-5-12(13,9-11)7-10-3-6-14-8-10/h3,6,8,13H,4-5,7,9H2,1-2H3. The average molecular weight is 210 g/mol. The third-order valence-electron chi connectivity index (χ3n) is 3.19. The van der Waals surface area contributed by atoms with Gasteiger partial charge in [-0.3, -0.25) is 0 Å². The zero-order chi connectivity index (χ0) is 10.2. The van der Waals surface area contributed by atoms with Crippen molar-refractivity contribution in [3.05, 3.63) is 22.4 Å². The molecule has 78 valence electrons. The van der Waals surface area contributed by atoms with Gasteiger partial charge >= 0.3 is 0 Å². The van der Waals surface area contributed by atoms with Gasteiger partial charge in [-0.15, -0.1) is 0 Å². The molecule has 1 fully saturated rings. The Morgan fingerprint density at radius 1 is 1.43 bits per heavy atom. The quantitative estimate of drug-likeness (QED) is 0.794. The van der Waals surface area contributed by atoms with Gasteiger partial charge in [0.15, 0.2) is 0 Å². The first-order valence-corrected chi connectivity index (χ1v) is 6.17. The fourth-order valence-corrected chi connectivity index (χ4v) is 3.23. The third kappa shape index (κ3) is 2.18. The van der Waals surface area contributed by atoms with Crippen LogP contribution in [0.2, 0.25) is 0 Å². The van der Waals surface area contributed by atoms with E-state index in [-0.39, 0.29) is 0 Å². The van der Waals surface area contributed by atoms with Crippen LogP contribution in [0.25, 0.3) is 0 Å². The van der Waals surface area contributed by atoms with E-state index in [2.05, 4.69) is 30.7 Å². The molecule has 1 atom stereocenters. The molecule has 1 aromatic rings. The molecule has 1 N–H and O–H groups in total. The molecule has 0 bridgehead atoms. The average Bonchev–Trinajstić information content (AvgIpc) is 2.60. The Balaban J connectivity index is 2.05. The van der Waals surface area contributed by atoms with Crippen molar-refractivity contribution in [2.45, 2.75) is 45.1 Å². The second-order valence-electron chi connectivity index (χ2n) is 5.37. The van der Waals surface area contributed by atoms with Crippen LogP contribution in [-0.4, -0.2) is 10.7 Å². The van der Waals surface area contributed by atoms with Crippen LogP contribution >= 0.6 is 11.3 Å². The fourth-order valence-electron chi connectivity index (χ4n) is 2.56. The summed E-state index contributed by atoms with van der Waals surface area (Å²) in [5.74, 6) is 0. The predicted octanol–water partition coefficient (Wildman–Crippen LogP) is 3.23. The molecule has 1 heterocycles. The zero-order valence-corrected chi connectivity index (χ0v) is 9.73. The summed E-state index contributed by atoms with van der Waals surface area (Å²) < 4.78 is 0. The minimum absolute atomic E-state index is 0.324. The molecule has 1 aromatic heterocycles. The van der Waals surface area contributed by atoms with E-state index in [0.29, 0.717) is 5.41 Å². The zero-order valence-electron chi connectivity index (χ0n) is 8.92. The summed E-state index contributed by atoms with van der Waals surface area (Å²) in [5, 5.41) is 14.6. The van der Waals surface area contributed by atoms with Crippen LogP contribution in [0.15, 0.2) is 16.8 Å². The molecular weight excluding hydrogens is 192 g/mol. The van der Waals surface area contributed by atoms with Crippen molar-refractivity contribution in [1.82, 2.24) is 0 Å². The maximum atomic E-state index is 10.4. The minimum atomic E-state index is -0.440. The van der Waals surface area contributed by atoms with Gasteiger partial charge in [0.2, 0.25) is 0 Å². The van der Waals surface area contributed by atoms with Gasteiger partial charge in [0.1, 0.15) is 0 Å². The van der Waals surface area contributed by atoms with Crippen molar-refractivity contribution >= 4 is 11.3 Å². The molecule has 2 rings (SSSR count). The van der Waals surface area contributed by atoms with Crippen LogP contribution in [-0.2, 0) is 6.42 Å². The lowest BCUT2D eigenvalue weighted by Crippen LogP contribution is -2.28. The number of thiophene rings is 1.